The first-order valence-corrected chi connectivity index (χ1v) is 8.43. The molecule has 0 fully saturated rings. The van der Waals surface area contributed by atoms with Gasteiger partial charge in [-0.2, -0.15) is 0 Å². The minimum Gasteiger partial charge on any atom is -0.467 e. The molecular formula is C19H32O3. The van der Waals surface area contributed by atoms with Gasteiger partial charge in [0.15, 0.2) is 6.10 Å². The van der Waals surface area contributed by atoms with Crippen LogP contribution in [0.5, 0.6) is 0 Å². The number of unbranched alkanes of at least 4 members (excludes halogenated alkanes) is 4. The molecular weight excluding hydrogens is 276 g/mol. The van der Waals surface area contributed by atoms with Crippen LogP contribution in [0.2, 0.25) is 0 Å². The zero-order valence-electron chi connectivity index (χ0n) is 14.2. The molecule has 0 aliphatic carbocycles. The zero-order chi connectivity index (χ0) is 16.5. The minimum atomic E-state index is -0.955. The van der Waals surface area contributed by atoms with Gasteiger partial charge in [0.1, 0.15) is 0 Å². The maximum atomic E-state index is 11.0. The van der Waals surface area contributed by atoms with Crippen molar-refractivity contribution < 1.29 is 14.6 Å². The molecule has 0 aliphatic rings. The van der Waals surface area contributed by atoms with Gasteiger partial charge < -0.3 is 9.84 Å². The Kier molecular flexibility index (Phi) is 15.0. The number of carbonyl (C=O) groups excluding carboxylic acids is 1. The van der Waals surface area contributed by atoms with Crippen molar-refractivity contribution in [2.45, 2.75) is 70.8 Å². The lowest BCUT2D eigenvalue weighted by Crippen LogP contribution is -2.21. The van der Waals surface area contributed by atoms with Gasteiger partial charge in [0.2, 0.25) is 0 Å². The molecule has 0 heterocycles. The van der Waals surface area contributed by atoms with E-state index in [1.54, 1.807) is 0 Å². The maximum absolute atomic E-state index is 11.0. The molecule has 3 nitrogen and oxygen atoms in total. The molecule has 0 radical (unpaired) electrons. The summed E-state index contributed by atoms with van der Waals surface area (Å²) in [6.45, 7) is 2.14. The number of methoxy groups -OCH3 is 1. The minimum absolute atomic E-state index is 0.500. The number of esters is 1. The highest BCUT2D eigenvalue weighted by atomic mass is 16.5. The third kappa shape index (κ3) is 13.6. The Bertz CT molecular complexity index is 343. The Labute approximate surface area is 135 Å². The molecule has 0 spiro atoms. The third-order valence-electron chi connectivity index (χ3n) is 3.35. The average molecular weight is 308 g/mol. The molecule has 126 valence electrons. The average Bonchev–Trinajstić information content (AvgIpc) is 2.54. The molecule has 1 atom stereocenters. The number of aliphatic hydroxyl groups is 1. The van der Waals surface area contributed by atoms with Crippen LogP contribution in [0.4, 0.5) is 0 Å². The molecule has 0 amide bonds. The zero-order valence-corrected chi connectivity index (χ0v) is 14.2. The van der Waals surface area contributed by atoms with Gasteiger partial charge >= 0.3 is 5.97 Å². The second kappa shape index (κ2) is 16.0. The summed E-state index contributed by atoms with van der Waals surface area (Å²) in [5, 5.41) is 9.41. The van der Waals surface area contributed by atoms with E-state index in [-0.39, 0.29) is 0 Å². The molecule has 0 saturated carbocycles. The van der Waals surface area contributed by atoms with Gasteiger partial charge in [0.25, 0.3) is 0 Å². The Morgan fingerprint density at radius 1 is 0.955 bits per heavy atom. The molecule has 0 rings (SSSR count). The predicted molar refractivity (Wildman–Crippen MR) is 92.7 cm³/mol. The van der Waals surface area contributed by atoms with Crippen molar-refractivity contribution in [2.75, 3.05) is 7.11 Å². The van der Waals surface area contributed by atoms with Gasteiger partial charge in [0.05, 0.1) is 7.11 Å². The second-order valence-corrected chi connectivity index (χ2v) is 5.32. The van der Waals surface area contributed by atoms with Crippen molar-refractivity contribution in [3.05, 3.63) is 36.5 Å². The van der Waals surface area contributed by atoms with Crippen molar-refractivity contribution in [2.24, 2.45) is 0 Å². The summed E-state index contributed by atoms with van der Waals surface area (Å²) in [6, 6.07) is 0. The largest absolute Gasteiger partial charge is 0.467 e. The van der Waals surface area contributed by atoms with E-state index in [1.165, 1.54) is 7.11 Å². The summed E-state index contributed by atoms with van der Waals surface area (Å²) in [4.78, 5) is 11.0. The number of allylic oxidation sites excluding steroid dienone is 6. The molecule has 0 aliphatic heterocycles. The van der Waals surface area contributed by atoms with Crippen molar-refractivity contribution in [3.8, 4) is 0 Å². The monoisotopic (exact) mass is 308 g/mol. The Balaban J connectivity index is 3.37. The van der Waals surface area contributed by atoms with E-state index in [2.05, 4.69) is 48.1 Å². The summed E-state index contributed by atoms with van der Waals surface area (Å²) in [7, 11) is 1.30. The first-order chi connectivity index (χ1) is 10.7. The first-order valence-electron chi connectivity index (χ1n) is 8.43. The Hall–Kier alpha value is -1.35. The Morgan fingerprint density at radius 3 is 2.18 bits per heavy atom. The van der Waals surface area contributed by atoms with E-state index in [1.807, 2.05) is 0 Å². The maximum Gasteiger partial charge on any atom is 0.334 e. The van der Waals surface area contributed by atoms with E-state index in [0.717, 1.165) is 51.4 Å². The molecule has 0 bridgehead atoms. The van der Waals surface area contributed by atoms with Crippen LogP contribution in [0.3, 0.4) is 0 Å². The molecule has 3 heteroatoms. The molecule has 0 aromatic carbocycles. The van der Waals surface area contributed by atoms with Crippen molar-refractivity contribution in [1.82, 2.24) is 0 Å². The number of ether oxygens (including phenoxy) is 1. The molecule has 1 N–H and O–H groups in total. The SMILES string of the molecule is CC/C=C\C/C=C\C/C=C\CCCCCCC(O)C(=O)OC. The number of carbonyl (C=O) groups is 1. The van der Waals surface area contributed by atoms with Crippen LogP contribution in [-0.2, 0) is 9.53 Å². The quantitative estimate of drug-likeness (QED) is 0.304. The highest BCUT2D eigenvalue weighted by Crippen LogP contribution is 2.08. The normalized spacial score (nSPS) is 13.4. The predicted octanol–water partition coefficient (Wildman–Crippen LogP) is 4.72. The van der Waals surface area contributed by atoms with E-state index in [9.17, 15) is 9.90 Å². The molecule has 0 saturated heterocycles. The molecule has 0 aromatic rings. The lowest BCUT2D eigenvalue weighted by molar-refractivity contribution is -0.150. The topological polar surface area (TPSA) is 46.5 Å². The highest BCUT2D eigenvalue weighted by Gasteiger charge is 2.13. The van der Waals surface area contributed by atoms with Crippen LogP contribution in [0.15, 0.2) is 36.5 Å². The first kappa shape index (κ1) is 20.6. The third-order valence-corrected chi connectivity index (χ3v) is 3.35. The second-order valence-electron chi connectivity index (χ2n) is 5.32. The van der Waals surface area contributed by atoms with Crippen LogP contribution >= 0.6 is 0 Å². The van der Waals surface area contributed by atoms with Crippen LogP contribution in [0, 0.1) is 0 Å². The molecule has 1 unspecified atom stereocenters. The summed E-state index contributed by atoms with van der Waals surface area (Å²) in [5.41, 5.74) is 0. The van der Waals surface area contributed by atoms with Crippen molar-refractivity contribution >= 4 is 5.97 Å². The number of hydrogen-bond acceptors (Lipinski definition) is 3. The lowest BCUT2D eigenvalue weighted by atomic mass is 10.1. The number of aliphatic hydroxyl groups excluding tert-OH is 1. The van der Waals surface area contributed by atoms with Crippen LogP contribution in [0.25, 0.3) is 0 Å². The highest BCUT2D eigenvalue weighted by molar-refractivity contribution is 5.74. The summed E-state index contributed by atoms with van der Waals surface area (Å²) < 4.78 is 4.47. The van der Waals surface area contributed by atoms with Gasteiger partial charge in [-0.15, -0.1) is 0 Å². The van der Waals surface area contributed by atoms with Crippen LogP contribution in [0.1, 0.15) is 64.7 Å². The van der Waals surface area contributed by atoms with E-state index in [4.69, 9.17) is 0 Å². The van der Waals surface area contributed by atoms with Gasteiger partial charge in [-0.05, 0) is 38.5 Å². The summed E-state index contributed by atoms with van der Waals surface area (Å²) >= 11 is 0. The standard InChI is InChI=1S/C19H32O3/c1-3-4-5-6-7-8-9-10-11-12-13-14-15-16-17-18(20)19(21)22-2/h4-5,7-8,10-11,18,20H,3,6,9,12-17H2,1-2H3/b5-4-,8-7-,11-10-. The van der Waals surface area contributed by atoms with Gasteiger partial charge in [-0.1, -0.05) is 62.6 Å². The van der Waals surface area contributed by atoms with Gasteiger partial charge in [-0.3, -0.25) is 0 Å². The van der Waals surface area contributed by atoms with E-state index < -0.39 is 12.1 Å². The van der Waals surface area contributed by atoms with Gasteiger partial charge in [0, 0.05) is 0 Å². The van der Waals surface area contributed by atoms with Crippen LogP contribution in [-0.4, -0.2) is 24.3 Å². The summed E-state index contributed by atoms with van der Waals surface area (Å²) in [5.74, 6) is -0.527. The van der Waals surface area contributed by atoms with Crippen molar-refractivity contribution in [1.29, 1.82) is 0 Å². The molecule has 0 aromatic heterocycles. The summed E-state index contributed by atoms with van der Waals surface area (Å²) in [6.07, 6.45) is 21.2. The molecule has 22 heavy (non-hydrogen) atoms. The van der Waals surface area contributed by atoms with Gasteiger partial charge in [-0.25, -0.2) is 4.79 Å². The van der Waals surface area contributed by atoms with E-state index in [0.29, 0.717) is 6.42 Å². The fourth-order valence-corrected chi connectivity index (χ4v) is 2.03. The smallest absolute Gasteiger partial charge is 0.334 e. The van der Waals surface area contributed by atoms with Crippen LogP contribution < -0.4 is 0 Å². The fraction of sp³-hybridized carbons (Fsp3) is 0.632. The number of hydrogen-bond donors (Lipinski definition) is 1. The van der Waals surface area contributed by atoms with E-state index >= 15 is 0 Å². The van der Waals surface area contributed by atoms with Crippen molar-refractivity contribution in [3.63, 3.8) is 0 Å². The number of rotatable bonds is 13. The lowest BCUT2D eigenvalue weighted by Gasteiger charge is -2.07. The Morgan fingerprint density at radius 2 is 1.55 bits per heavy atom. The fourth-order valence-electron chi connectivity index (χ4n) is 2.03.